The lowest BCUT2D eigenvalue weighted by molar-refractivity contribution is -0.134. The molecule has 40 heavy (non-hydrogen) atoms. The first-order valence-corrected chi connectivity index (χ1v) is 13.4. The number of anilines is 1. The SMILES string of the molecule is COc1ccc([C@@H]2/C=C\CN(C(=O)Nc3ccccc3-c3ccccc3)CC(=O)N2Cc2ccc(Cl)cc2)cc1. The third-order valence-corrected chi connectivity index (χ3v) is 7.14. The number of rotatable bonds is 6. The molecule has 7 heteroatoms. The molecule has 0 saturated heterocycles. The fourth-order valence-corrected chi connectivity index (χ4v) is 4.90. The topological polar surface area (TPSA) is 61.9 Å². The molecule has 0 saturated carbocycles. The van der Waals surface area contributed by atoms with Gasteiger partial charge in [0.2, 0.25) is 5.91 Å². The van der Waals surface area contributed by atoms with Crippen molar-refractivity contribution in [2.45, 2.75) is 12.6 Å². The molecule has 1 heterocycles. The molecule has 0 aliphatic carbocycles. The fraction of sp³-hybridized carbons (Fsp3) is 0.152. The molecule has 1 aliphatic rings. The average molecular weight is 552 g/mol. The zero-order valence-electron chi connectivity index (χ0n) is 22.2. The number of amides is 3. The predicted molar refractivity (Wildman–Crippen MR) is 159 cm³/mol. The van der Waals surface area contributed by atoms with Crippen molar-refractivity contribution in [1.29, 1.82) is 0 Å². The van der Waals surface area contributed by atoms with E-state index in [1.165, 1.54) is 4.90 Å². The molecule has 6 nitrogen and oxygen atoms in total. The number of hydrogen-bond donors (Lipinski definition) is 1. The van der Waals surface area contributed by atoms with Gasteiger partial charge in [-0.25, -0.2) is 4.79 Å². The Hall–Kier alpha value is -4.55. The highest BCUT2D eigenvalue weighted by atomic mass is 35.5. The molecule has 0 aromatic heterocycles. The van der Waals surface area contributed by atoms with Gasteiger partial charge in [-0.1, -0.05) is 96.5 Å². The summed E-state index contributed by atoms with van der Waals surface area (Å²) < 4.78 is 5.32. The van der Waals surface area contributed by atoms with E-state index in [0.29, 0.717) is 23.8 Å². The minimum Gasteiger partial charge on any atom is -0.497 e. The average Bonchev–Trinajstić information content (AvgIpc) is 2.98. The summed E-state index contributed by atoms with van der Waals surface area (Å²) in [5.41, 5.74) is 4.49. The van der Waals surface area contributed by atoms with E-state index in [0.717, 1.165) is 28.0 Å². The second kappa shape index (κ2) is 12.5. The van der Waals surface area contributed by atoms with E-state index in [4.69, 9.17) is 16.3 Å². The Morgan fingerprint density at radius 1 is 0.925 bits per heavy atom. The Morgan fingerprint density at radius 2 is 1.62 bits per heavy atom. The van der Waals surface area contributed by atoms with E-state index in [2.05, 4.69) is 5.32 Å². The quantitative estimate of drug-likeness (QED) is 0.258. The number of halogens is 1. The smallest absolute Gasteiger partial charge is 0.322 e. The van der Waals surface area contributed by atoms with Crippen molar-refractivity contribution in [3.05, 3.63) is 131 Å². The summed E-state index contributed by atoms with van der Waals surface area (Å²) in [6.07, 6.45) is 3.92. The second-order valence-corrected chi connectivity index (χ2v) is 9.95. The standard InChI is InChI=1S/C33H30ClN3O3/c1-40-28-19-15-26(16-20-28)31-12-7-21-36(23-32(38)37(31)22-24-13-17-27(34)18-14-24)33(39)35-30-11-6-5-10-29(30)25-8-3-2-4-9-25/h2-20,31H,21-23H2,1H3,(H,35,39)/b12-7-/t31-/m0/s1. The number of para-hydroxylation sites is 1. The van der Waals surface area contributed by atoms with Crippen LogP contribution in [0.5, 0.6) is 5.75 Å². The lowest BCUT2D eigenvalue weighted by atomic mass is 10.0. The molecule has 3 amide bonds. The van der Waals surface area contributed by atoms with Crippen LogP contribution in [0.3, 0.4) is 0 Å². The molecule has 5 rings (SSSR count). The molecular formula is C33H30ClN3O3. The van der Waals surface area contributed by atoms with E-state index in [9.17, 15) is 9.59 Å². The van der Waals surface area contributed by atoms with Crippen LogP contribution in [0, 0.1) is 0 Å². The number of urea groups is 1. The zero-order chi connectivity index (χ0) is 27.9. The molecule has 4 aromatic rings. The molecule has 0 spiro atoms. The summed E-state index contributed by atoms with van der Waals surface area (Å²) in [7, 11) is 1.62. The number of nitrogens with zero attached hydrogens (tertiary/aromatic N) is 2. The lowest BCUT2D eigenvalue weighted by Crippen LogP contribution is -2.46. The molecule has 0 radical (unpaired) electrons. The molecule has 1 aliphatic heterocycles. The maximum atomic E-state index is 13.8. The molecular weight excluding hydrogens is 522 g/mol. The van der Waals surface area contributed by atoms with Crippen LogP contribution in [0.15, 0.2) is 115 Å². The van der Waals surface area contributed by atoms with Crippen LogP contribution in [0.4, 0.5) is 10.5 Å². The summed E-state index contributed by atoms with van der Waals surface area (Å²) in [5, 5.41) is 3.66. The van der Waals surface area contributed by atoms with Crippen LogP contribution in [-0.2, 0) is 11.3 Å². The van der Waals surface area contributed by atoms with Gasteiger partial charge in [-0.3, -0.25) is 4.79 Å². The van der Waals surface area contributed by atoms with Crippen LogP contribution < -0.4 is 10.1 Å². The van der Waals surface area contributed by atoms with Gasteiger partial charge in [-0.05, 0) is 47.0 Å². The molecule has 0 unspecified atom stereocenters. The van der Waals surface area contributed by atoms with Crippen molar-refractivity contribution in [3.8, 4) is 16.9 Å². The summed E-state index contributed by atoms with van der Waals surface area (Å²) >= 11 is 6.10. The van der Waals surface area contributed by atoms with E-state index >= 15 is 0 Å². The van der Waals surface area contributed by atoms with Crippen molar-refractivity contribution in [1.82, 2.24) is 9.80 Å². The van der Waals surface area contributed by atoms with Crippen molar-refractivity contribution in [2.24, 2.45) is 0 Å². The van der Waals surface area contributed by atoms with Crippen molar-refractivity contribution in [3.63, 3.8) is 0 Å². The number of carbonyl (C=O) groups is 2. The van der Waals surface area contributed by atoms with Crippen molar-refractivity contribution >= 4 is 29.2 Å². The van der Waals surface area contributed by atoms with Gasteiger partial charge < -0.3 is 19.9 Å². The number of nitrogens with one attached hydrogen (secondary N) is 1. The van der Waals surface area contributed by atoms with E-state index in [-0.39, 0.29) is 24.5 Å². The highest BCUT2D eigenvalue weighted by Gasteiger charge is 2.29. The number of methoxy groups -OCH3 is 1. The maximum Gasteiger partial charge on any atom is 0.322 e. The van der Waals surface area contributed by atoms with E-state index in [1.807, 2.05) is 115 Å². The van der Waals surface area contributed by atoms with Crippen molar-refractivity contribution in [2.75, 3.05) is 25.5 Å². The van der Waals surface area contributed by atoms with Gasteiger partial charge in [0.1, 0.15) is 12.3 Å². The van der Waals surface area contributed by atoms with Gasteiger partial charge >= 0.3 is 6.03 Å². The normalized spacial score (nSPS) is 16.1. The number of hydrogen-bond acceptors (Lipinski definition) is 3. The van der Waals surface area contributed by atoms with Crippen LogP contribution in [0.2, 0.25) is 5.02 Å². The molecule has 4 aromatic carbocycles. The monoisotopic (exact) mass is 551 g/mol. The largest absolute Gasteiger partial charge is 0.497 e. The Morgan fingerprint density at radius 3 is 2.35 bits per heavy atom. The van der Waals surface area contributed by atoms with Gasteiger partial charge in [0.25, 0.3) is 0 Å². The first kappa shape index (κ1) is 27.0. The first-order chi connectivity index (χ1) is 19.5. The summed E-state index contributed by atoms with van der Waals surface area (Å²) in [6, 6.07) is 32.0. The third-order valence-electron chi connectivity index (χ3n) is 6.89. The highest BCUT2D eigenvalue weighted by Crippen LogP contribution is 2.30. The zero-order valence-corrected chi connectivity index (χ0v) is 22.9. The predicted octanol–water partition coefficient (Wildman–Crippen LogP) is 7.19. The summed E-state index contributed by atoms with van der Waals surface area (Å²) in [4.78, 5) is 30.6. The van der Waals surface area contributed by atoms with Crippen LogP contribution in [-0.4, -0.2) is 41.9 Å². The maximum absolute atomic E-state index is 13.8. The van der Waals surface area contributed by atoms with E-state index < -0.39 is 0 Å². The van der Waals surface area contributed by atoms with E-state index in [1.54, 1.807) is 12.0 Å². The van der Waals surface area contributed by atoms with Gasteiger partial charge in [-0.2, -0.15) is 0 Å². The highest BCUT2D eigenvalue weighted by molar-refractivity contribution is 6.30. The van der Waals surface area contributed by atoms with Gasteiger partial charge in [0.15, 0.2) is 0 Å². The Balaban J connectivity index is 1.41. The minimum atomic E-state index is -0.337. The summed E-state index contributed by atoms with van der Waals surface area (Å²) in [5.74, 6) is 0.583. The molecule has 0 bridgehead atoms. The van der Waals surface area contributed by atoms with Gasteiger partial charge in [-0.15, -0.1) is 0 Å². The Kier molecular flexibility index (Phi) is 8.47. The lowest BCUT2D eigenvalue weighted by Gasteiger charge is -2.34. The minimum absolute atomic E-state index is 0.0656. The number of carbonyl (C=O) groups excluding carboxylic acids is 2. The first-order valence-electron chi connectivity index (χ1n) is 13.1. The molecule has 0 fully saturated rings. The van der Waals surface area contributed by atoms with Crippen LogP contribution in [0.1, 0.15) is 17.2 Å². The van der Waals surface area contributed by atoms with Gasteiger partial charge in [0, 0.05) is 23.7 Å². The molecule has 202 valence electrons. The third kappa shape index (κ3) is 6.35. The Labute approximate surface area is 239 Å². The van der Waals surface area contributed by atoms with Crippen LogP contribution >= 0.6 is 11.6 Å². The number of ether oxygens (including phenoxy) is 1. The fourth-order valence-electron chi connectivity index (χ4n) is 4.77. The van der Waals surface area contributed by atoms with Crippen molar-refractivity contribution < 1.29 is 14.3 Å². The summed E-state index contributed by atoms with van der Waals surface area (Å²) in [6.45, 7) is 0.597. The van der Waals surface area contributed by atoms with Crippen LogP contribution in [0.25, 0.3) is 11.1 Å². The molecule has 1 atom stereocenters. The second-order valence-electron chi connectivity index (χ2n) is 9.52. The number of benzene rings is 4. The molecule has 1 N–H and O–H groups in total. The van der Waals surface area contributed by atoms with Gasteiger partial charge in [0.05, 0.1) is 18.8 Å². The Bertz CT molecular complexity index is 1490.